The Hall–Kier alpha value is -1.64. The van der Waals surface area contributed by atoms with Crippen LogP contribution < -0.4 is 5.32 Å². The summed E-state index contributed by atoms with van der Waals surface area (Å²) in [6.07, 6.45) is 3.03. The smallest absolute Gasteiger partial charge is 0.171 e. The van der Waals surface area contributed by atoms with Crippen LogP contribution in [0.3, 0.4) is 0 Å². The molecule has 0 aliphatic heterocycles. The average molecular weight is 310 g/mol. The van der Waals surface area contributed by atoms with Crippen molar-refractivity contribution in [3.8, 4) is 6.07 Å². The molecule has 0 saturated carbocycles. The lowest BCUT2D eigenvalue weighted by atomic mass is 10.2. The maximum absolute atomic E-state index is 8.98. The van der Waals surface area contributed by atoms with E-state index in [1.54, 1.807) is 18.2 Å². The van der Waals surface area contributed by atoms with Crippen LogP contribution in [-0.4, -0.2) is 9.97 Å². The summed E-state index contributed by atoms with van der Waals surface area (Å²) in [7, 11) is 0. The van der Waals surface area contributed by atoms with Gasteiger partial charge in [0.15, 0.2) is 11.0 Å². The Balaban J connectivity index is 2.40. The van der Waals surface area contributed by atoms with E-state index in [0.717, 1.165) is 4.47 Å². The molecule has 1 heterocycles. The van der Waals surface area contributed by atoms with Crippen LogP contribution in [0.5, 0.6) is 0 Å². The van der Waals surface area contributed by atoms with Crippen LogP contribution in [0.15, 0.2) is 35.1 Å². The van der Waals surface area contributed by atoms with Crippen LogP contribution in [0.4, 0.5) is 11.5 Å². The number of rotatable bonds is 2. The third kappa shape index (κ3) is 2.73. The highest BCUT2D eigenvalue weighted by molar-refractivity contribution is 9.10. The lowest BCUT2D eigenvalue weighted by molar-refractivity contribution is 1.20. The number of nitriles is 1. The standard InChI is InChI=1S/C11H6BrClN4/c12-8-2-1-7(6-14)9(5-8)17-11-10(13)15-3-4-16-11/h1-5H,(H,16,17). The number of hydrogen-bond acceptors (Lipinski definition) is 4. The second-order valence-corrected chi connectivity index (χ2v) is 4.40. The molecule has 0 aliphatic rings. The van der Waals surface area contributed by atoms with Crippen molar-refractivity contribution >= 4 is 39.0 Å². The highest BCUT2D eigenvalue weighted by atomic mass is 79.9. The Morgan fingerprint density at radius 2 is 2.06 bits per heavy atom. The van der Waals surface area contributed by atoms with Gasteiger partial charge in [0.25, 0.3) is 0 Å². The summed E-state index contributed by atoms with van der Waals surface area (Å²) in [6.45, 7) is 0. The predicted octanol–water partition coefficient (Wildman–Crippen LogP) is 3.51. The molecule has 84 valence electrons. The van der Waals surface area contributed by atoms with E-state index in [-0.39, 0.29) is 5.15 Å². The zero-order valence-electron chi connectivity index (χ0n) is 8.48. The molecule has 1 N–H and O–H groups in total. The molecule has 0 bridgehead atoms. The number of anilines is 2. The molecule has 0 fully saturated rings. The van der Waals surface area contributed by atoms with E-state index in [4.69, 9.17) is 16.9 Å². The Kier molecular flexibility index (Phi) is 3.57. The number of halogens is 2. The van der Waals surface area contributed by atoms with Crippen LogP contribution in [0.1, 0.15) is 5.56 Å². The summed E-state index contributed by atoms with van der Waals surface area (Å²) in [5.74, 6) is 0.420. The lowest BCUT2D eigenvalue weighted by Crippen LogP contribution is -1.97. The van der Waals surface area contributed by atoms with Gasteiger partial charge in [0.2, 0.25) is 0 Å². The molecule has 0 spiro atoms. The molecule has 4 nitrogen and oxygen atoms in total. The van der Waals surface area contributed by atoms with E-state index in [2.05, 4.69) is 37.3 Å². The fraction of sp³-hybridized carbons (Fsp3) is 0. The van der Waals surface area contributed by atoms with Gasteiger partial charge in [-0.15, -0.1) is 0 Å². The average Bonchev–Trinajstić information content (AvgIpc) is 2.32. The van der Waals surface area contributed by atoms with E-state index in [1.165, 1.54) is 12.4 Å². The second-order valence-electron chi connectivity index (χ2n) is 3.12. The predicted molar refractivity (Wildman–Crippen MR) is 69.2 cm³/mol. The van der Waals surface area contributed by atoms with Crippen molar-refractivity contribution in [3.05, 3.63) is 45.8 Å². The van der Waals surface area contributed by atoms with Gasteiger partial charge in [-0.2, -0.15) is 5.26 Å². The number of hydrogen-bond donors (Lipinski definition) is 1. The monoisotopic (exact) mass is 308 g/mol. The number of benzene rings is 1. The van der Waals surface area contributed by atoms with Crippen LogP contribution in [0.2, 0.25) is 5.15 Å². The Morgan fingerprint density at radius 3 is 2.76 bits per heavy atom. The Labute approximate surface area is 111 Å². The van der Waals surface area contributed by atoms with E-state index in [0.29, 0.717) is 17.1 Å². The summed E-state index contributed by atoms with van der Waals surface area (Å²) in [6, 6.07) is 7.37. The van der Waals surface area contributed by atoms with Gasteiger partial charge in [0, 0.05) is 16.9 Å². The molecule has 17 heavy (non-hydrogen) atoms. The first-order valence-corrected chi connectivity index (χ1v) is 5.81. The van der Waals surface area contributed by atoms with E-state index in [9.17, 15) is 0 Å². The van der Waals surface area contributed by atoms with Crippen molar-refractivity contribution in [2.24, 2.45) is 0 Å². The maximum Gasteiger partial charge on any atom is 0.171 e. The van der Waals surface area contributed by atoms with Gasteiger partial charge in [-0.25, -0.2) is 9.97 Å². The number of aromatic nitrogens is 2. The molecule has 0 aliphatic carbocycles. The minimum atomic E-state index is 0.261. The van der Waals surface area contributed by atoms with E-state index in [1.807, 2.05) is 0 Å². The van der Waals surface area contributed by atoms with Crippen molar-refractivity contribution in [3.63, 3.8) is 0 Å². The lowest BCUT2D eigenvalue weighted by Gasteiger charge is -2.08. The Morgan fingerprint density at radius 1 is 1.29 bits per heavy atom. The normalized spacial score (nSPS) is 9.71. The molecule has 0 saturated heterocycles. The molecule has 0 atom stereocenters. The highest BCUT2D eigenvalue weighted by Gasteiger charge is 2.07. The summed E-state index contributed by atoms with van der Waals surface area (Å²) < 4.78 is 0.860. The molecule has 1 aromatic heterocycles. The maximum atomic E-state index is 8.98. The zero-order chi connectivity index (χ0) is 12.3. The first-order chi connectivity index (χ1) is 8.20. The zero-order valence-corrected chi connectivity index (χ0v) is 10.8. The topological polar surface area (TPSA) is 61.6 Å². The van der Waals surface area contributed by atoms with Gasteiger partial charge in [-0.3, -0.25) is 0 Å². The summed E-state index contributed by atoms with van der Waals surface area (Å²) in [5, 5.41) is 12.2. The van der Waals surface area contributed by atoms with Crippen LogP contribution in [0, 0.1) is 11.3 Å². The first kappa shape index (κ1) is 11.8. The van der Waals surface area contributed by atoms with Crippen molar-refractivity contribution < 1.29 is 0 Å². The fourth-order valence-corrected chi connectivity index (χ4v) is 1.76. The van der Waals surface area contributed by atoms with Crippen molar-refractivity contribution in [1.29, 1.82) is 5.26 Å². The van der Waals surface area contributed by atoms with Crippen molar-refractivity contribution in [2.75, 3.05) is 5.32 Å². The van der Waals surface area contributed by atoms with Crippen LogP contribution in [-0.2, 0) is 0 Å². The molecular weight excluding hydrogens is 304 g/mol. The van der Waals surface area contributed by atoms with E-state index >= 15 is 0 Å². The number of nitrogens with zero attached hydrogens (tertiary/aromatic N) is 3. The minimum Gasteiger partial charge on any atom is -0.337 e. The number of nitrogens with one attached hydrogen (secondary N) is 1. The molecular formula is C11H6BrClN4. The minimum absolute atomic E-state index is 0.261. The van der Waals surface area contributed by atoms with Gasteiger partial charge >= 0.3 is 0 Å². The molecule has 6 heteroatoms. The third-order valence-electron chi connectivity index (χ3n) is 2.01. The third-order valence-corrected chi connectivity index (χ3v) is 2.78. The highest BCUT2D eigenvalue weighted by Crippen LogP contribution is 2.26. The quantitative estimate of drug-likeness (QED) is 0.922. The molecule has 0 amide bonds. The van der Waals surface area contributed by atoms with Gasteiger partial charge < -0.3 is 5.32 Å². The second kappa shape index (κ2) is 5.13. The van der Waals surface area contributed by atoms with Crippen molar-refractivity contribution in [1.82, 2.24) is 9.97 Å². The van der Waals surface area contributed by atoms with Gasteiger partial charge in [-0.05, 0) is 18.2 Å². The van der Waals surface area contributed by atoms with Gasteiger partial charge in [-0.1, -0.05) is 27.5 Å². The van der Waals surface area contributed by atoms with Crippen molar-refractivity contribution in [2.45, 2.75) is 0 Å². The molecule has 0 unspecified atom stereocenters. The molecule has 2 rings (SSSR count). The van der Waals surface area contributed by atoms with Gasteiger partial charge in [0.05, 0.1) is 11.3 Å². The first-order valence-electron chi connectivity index (χ1n) is 4.64. The molecule has 1 aromatic carbocycles. The Bertz CT molecular complexity index is 594. The SMILES string of the molecule is N#Cc1ccc(Br)cc1Nc1nccnc1Cl. The summed E-state index contributed by atoms with van der Waals surface area (Å²) in [5.41, 5.74) is 1.14. The van der Waals surface area contributed by atoms with Crippen LogP contribution in [0.25, 0.3) is 0 Å². The molecule has 0 radical (unpaired) electrons. The fourth-order valence-electron chi connectivity index (χ4n) is 1.25. The van der Waals surface area contributed by atoms with E-state index < -0.39 is 0 Å². The van der Waals surface area contributed by atoms with Gasteiger partial charge in [0.1, 0.15) is 6.07 Å². The van der Waals surface area contributed by atoms with Crippen LogP contribution >= 0.6 is 27.5 Å². The largest absolute Gasteiger partial charge is 0.337 e. The summed E-state index contributed by atoms with van der Waals surface area (Å²) in [4.78, 5) is 7.95. The molecule has 2 aromatic rings. The summed E-state index contributed by atoms with van der Waals surface area (Å²) >= 11 is 9.22.